The van der Waals surface area contributed by atoms with E-state index in [0.29, 0.717) is 10.8 Å². The molecular weight excluding hydrogens is 220 g/mol. The Hall–Kier alpha value is -0.960. The second kappa shape index (κ2) is 4.91. The molecule has 0 aliphatic heterocycles. The fraction of sp³-hybridized carbons (Fsp3) is 0.462. The minimum atomic E-state index is -0.816. The van der Waals surface area contributed by atoms with Crippen LogP contribution in [0.1, 0.15) is 41.6 Å². The summed E-state index contributed by atoms with van der Waals surface area (Å²) >= 11 is 1.73. The van der Waals surface area contributed by atoms with E-state index in [1.165, 1.54) is 25.7 Å². The maximum Gasteiger partial charge on any atom is 0.336 e. The molecule has 0 amide bonds. The maximum atomic E-state index is 11.1. The average molecular weight is 236 g/mol. The highest BCUT2D eigenvalue weighted by molar-refractivity contribution is 8.00. The molecule has 86 valence electrons. The van der Waals surface area contributed by atoms with Gasteiger partial charge in [-0.1, -0.05) is 24.5 Å². The van der Waals surface area contributed by atoms with Gasteiger partial charge in [-0.2, -0.15) is 0 Å². The molecule has 3 heteroatoms. The van der Waals surface area contributed by atoms with Crippen LogP contribution in [0, 0.1) is 6.92 Å². The molecule has 0 aromatic heterocycles. The Morgan fingerprint density at radius 1 is 1.38 bits per heavy atom. The van der Waals surface area contributed by atoms with Gasteiger partial charge in [0.1, 0.15) is 0 Å². The molecule has 0 saturated heterocycles. The molecule has 2 rings (SSSR count). The maximum absolute atomic E-state index is 11.1. The first-order chi connectivity index (χ1) is 7.66. The van der Waals surface area contributed by atoms with Crippen LogP contribution in [0.15, 0.2) is 23.1 Å². The van der Waals surface area contributed by atoms with Gasteiger partial charge in [0.2, 0.25) is 0 Å². The Balaban J connectivity index is 2.21. The first-order valence-electron chi connectivity index (χ1n) is 5.67. The molecule has 0 bridgehead atoms. The van der Waals surface area contributed by atoms with Crippen LogP contribution in [-0.2, 0) is 0 Å². The van der Waals surface area contributed by atoms with E-state index < -0.39 is 5.97 Å². The molecular formula is C13H16O2S. The Morgan fingerprint density at radius 2 is 2.06 bits per heavy atom. The molecule has 1 aliphatic carbocycles. The normalized spacial score (nSPS) is 16.6. The van der Waals surface area contributed by atoms with Crippen LogP contribution >= 0.6 is 11.8 Å². The van der Waals surface area contributed by atoms with Crippen molar-refractivity contribution in [2.24, 2.45) is 0 Å². The lowest BCUT2D eigenvalue weighted by Gasteiger charge is -2.11. The van der Waals surface area contributed by atoms with Gasteiger partial charge in [-0.15, -0.1) is 11.8 Å². The second-order valence-electron chi connectivity index (χ2n) is 4.33. The third-order valence-corrected chi connectivity index (χ3v) is 4.38. The number of carboxylic acids is 1. The fourth-order valence-electron chi connectivity index (χ4n) is 2.10. The predicted molar refractivity (Wildman–Crippen MR) is 66.3 cm³/mol. The number of carbonyl (C=O) groups is 1. The lowest BCUT2D eigenvalue weighted by Crippen LogP contribution is -2.02. The molecule has 0 radical (unpaired) electrons. The van der Waals surface area contributed by atoms with E-state index in [9.17, 15) is 4.79 Å². The summed E-state index contributed by atoms with van der Waals surface area (Å²) < 4.78 is 0. The topological polar surface area (TPSA) is 37.3 Å². The summed E-state index contributed by atoms with van der Waals surface area (Å²) in [5.74, 6) is -0.816. The van der Waals surface area contributed by atoms with E-state index >= 15 is 0 Å². The minimum absolute atomic E-state index is 0.455. The van der Waals surface area contributed by atoms with E-state index in [0.717, 1.165) is 10.5 Å². The molecule has 1 aromatic rings. The lowest BCUT2D eigenvalue weighted by molar-refractivity contribution is 0.0693. The van der Waals surface area contributed by atoms with E-state index in [1.54, 1.807) is 17.8 Å². The van der Waals surface area contributed by atoms with E-state index in [4.69, 9.17) is 5.11 Å². The molecule has 0 unspecified atom stereocenters. The summed E-state index contributed by atoms with van der Waals surface area (Å²) in [6.45, 7) is 1.93. The molecule has 2 nitrogen and oxygen atoms in total. The van der Waals surface area contributed by atoms with Crippen molar-refractivity contribution in [1.29, 1.82) is 0 Å². The first kappa shape index (κ1) is 11.5. The van der Waals surface area contributed by atoms with Crippen LogP contribution in [0.5, 0.6) is 0 Å². The van der Waals surface area contributed by atoms with Crippen LogP contribution in [0.25, 0.3) is 0 Å². The summed E-state index contributed by atoms with van der Waals surface area (Å²) in [5, 5.41) is 9.76. The third kappa shape index (κ3) is 2.59. The van der Waals surface area contributed by atoms with Gasteiger partial charge in [-0.3, -0.25) is 0 Å². The van der Waals surface area contributed by atoms with E-state index in [1.807, 2.05) is 19.1 Å². The van der Waals surface area contributed by atoms with Crippen molar-refractivity contribution in [1.82, 2.24) is 0 Å². The van der Waals surface area contributed by atoms with Gasteiger partial charge < -0.3 is 5.11 Å². The van der Waals surface area contributed by atoms with Crippen LogP contribution in [0.3, 0.4) is 0 Å². The molecule has 1 aliphatic rings. The summed E-state index contributed by atoms with van der Waals surface area (Å²) in [6, 6.07) is 5.70. The fourth-order valence-corrected chi connectivity index (χ4v) is 3.45. The molecule has 0 heterocycles. The van der Waals surface area contributed by atoms with Crippen molar-refractivity contribution in [3.63, 3.8) is 0 Å². The van der Waals surface area contributed by atoms with Crippen molar-refractivity contribution in [3.8, 4) is 0 Å². The smallest absolute Gasteiger partial charge is 0.336 e. The highest BCUT2D eigenvalue weighted by Gasteiger charge is 2.19. The lowest BCUT2D eigenvalue weighted by atomic mass is 10.1. The Morgan fingerprint density at radius 3 is 2.69 bits per heavy atom. The molecule has 1 N–H and O–H groups in total. The Bertz CT molecular complexity index is 395. The Kier molecular flexibility index (Phi) is 3.54. The number of benzene rings is 1. The van der Waals surface area contributed by atoms with Gasteiger partial charge >= 0.3 is 5.97 Å². The summed E-state index contributed by atoms with van der Waals surface area (Å²) in [5.41, 5.74) is 1.46. The van der Waals surface area contributed by atoms with Gasteiger partial charge in [0.15, 0.2) is 0 Å². The van der Waals surface area contributed by atoms with Gasteiger partial charge in [-0.05, 0) is 31.9 Å². The SMILES string of the molecule is Cc1ccc(SC2CCCC2)c(C(=O)O)c1. The van der Waals surface area contributed by atoms with Crippen LogP contribution in [-0.4, -0.2) is 16.3 Å². The van der Waals surface area contributed by atoms with Gasteiger partial charge in [0.25, 0.3) is 0 Å². The van der Waals surface area contributed by atoms with Crippen molar-refractivity contribution >= 4 is 17.7 Å². The molecule has 1 saturated carbocycles. The minimum Gasteiger partial charge on any atom is -0.478 e. The predicted octanol–water partition coefficient (Wildman–Crippen LogP) is 3.73. The number of aromatic carboxylic acids is 1. The highest BCUT2D eigenvalue weighted by atomic mass is 32.2. The molecule has 0 atom stereocenters. The zero-order valence-electron chi connectivity index (χ0n) is 9.40. The summed E-state index contributed by atoms with van der Waals surface area (Å²) in [6.07, 6.45) is 5.01. The van der Waals surface area contributed by atoms with Crippen LogP contribution in [0.4, 0.5) is 0 Å². The molecule has 0 spiro atoms. The molecule has 16 heavy (non-hydrogen) atoms. The zero-order valence-corrected chi connectivity index (χ0v) is 10.2. The number of carboxylic acid groups (broad SMARTS) is 1. The number of hydrogen-bond acceptors (Lipinski definition) is 2. The van der Waals surface area contributed by atoms with Crippen molar-refractivity contribution in [3.05, 3.63) is 29.3 Å². The van der Waals surface area contributed by atoms with Crippen molar-refractivity contribution < 1.29 is 9.90 Å². The third-order valence-electron chi connectivity index (χ3n) is 2.96. The summed E-state index contributed by atoms with van der Waals surface area (Å²) in [4.78, 5) is 12.1. The quantitative estimate of drug-likeness (QED) is 0.869. The van der Waals surface area contributed by atoms with Gasteiger partial charge in [0.05, 0.1) is 5.56 Å². The Labute approximate surface area is 100 Å². The molecule has 1 aromatic carbocycles. The standard InChI is InChI=1S/C13H16O2S/c1-9-6-7-12(11(8-9)13(14)15)16-10-4-2-3-5-10/h6-8,10H,2-5H2,1H3,(H,14,15). The number of rotatable bonds is 3. The van der Waals surface area contributed by atoms with Crippen molar-refractivity contribution in [2.75, 3.05) is 0 Å². The monoisotopic (exact) mass is 236 g/mol. The van der Waals surface area contributed by atoms with Crippen LogP contribution < -0.4 is 0 Å². The van der Waals surface area contributed by atoms with Crippen molar-refractivity contribution in [2.45, 2.75) is 42.8 Å². The number of hydrogen-bond donors (Lipinski definition) is 1. The van der Waals surface area contributed by atoms with Gasteiger partial charge in [0, 0.05) is 10.1 Å². The highest BCUT2D eigenvalue weighted by Crippen LogP contribution is 2.36. The largest absolute Gasteiger partial charge is 0.478 e. The molecule has 1 fully saturated rings. The number of aryl methyl sites for hydroxylation is 1. The first-order valence-corrected chi connectivity index (χ1v) is 6.55. The average Bonchev–Trinajstić information content (AvgIpc) is 2.73. The van der Waals surface area contributed by atoms with E-state index in [2.05, 4.69) is 0 Å². The zero-order chi connectivity index (χ0) is 11.5. The van der Waals surface area contributed by atoms with Gasteiger partial charge in [-0.25, -0.2) is 4.79 Å². The second-order valence-corrected chi connectivity index (χ2v) is 5.67. The van der Waals surface area contributed by atoms with E-state index in [-0.39, 0.29) is 0 Å². The van der Waals surface area contributed by atoms with Crippen LogP contribution in [0.2, 0.25) is 0 Å². The number of thioether (sulfide) groups is 1. The summed E-state index contributed by atoms with van der Waals surface area (Å²) in [7, 11) is 0.